The topological polar surface area (TPSA) is 29.3 Å². The van der Waals surface area contributed by atoms with Gasteiger partial charge < -0.3 is 5.73 Å². The highest BCUT2D eigenvalue weighted by Crippen LogP contribution is 2.52. The van der Waals surface area contributed by atoms with Crippen LogP contribution in [0.4, 0.5) is 0 Å². The number of hydrogen-bond acceptors (Lipinski definition) is 2. The van der Waals surface area contributed by atoms with Gasteiger partial charge in [-0.25, -0.2) is 0 Å². The van der Waals surface area contributed by atoms with Crippen LogP contribution in [0.25, 0.3) is 12.2 Å². The predicted molar refractivity (Wildman–Crippen MR) is 131 cm³/mol. The number of nitrogens with zero attached hydrogens (tertiary/aromatic N) is 1. The highest BCUT2D eigenvalue weighted by Gasteiger charge is 2.47. The summed E-state index contributed by atoms with van der Waals surface area (Å²) < 4.78 is 0. The van der Waals surface area contributed by atoms with Crippen LogP contribution in [0.3, 0.4) is 0 Å². The summed E-state index contributed by atoms with van der Waals surface area (Å²) in [5, 5.41) is 0. The molecule has 1 aliphatic carbocycles. The van der Waals surface area contributed by atoms with Crippen molar-refractivity contribution in [2.24, 2.45) is 11.7 Å². The van der Waals surface area contributed by atoms with Crippen molar-refractivity contribution in [3.05, 3.63) is 107 Å². The van der Waals surface area contributed by atoms with E-state index in [2.05, 4.69) is 102 Å². The number of hydrogen-bond donors (Lipinski definition) is 1. The summed E-state index contributed by atoms with van der Waals surface area (Å²) in [7, 11) is 0. The van der Waals surface area contributed by atoms with Gasteiger partial charge in [0.05, 0.1) is 0 Å². The van der Waals surface area contributed by atoms with E-state index in [0.29, 0.717) is 18.0 Å². The van der Waals surface area contributed by atoms with Crippen LogP contribution in [-0.2, 0) is 6.54 Å². The van der Waals surface area contributed by atoms with Gasteiger partial charge in [0.15, 0.2) is 0 Å². The molecule has 2 fully saturated rings. The molecule has 1 saturated carbocycles. The van der Waals surface area contributed by atoms with E-state index < -0.39 is 0 Å². The van der Waals surface area contributed by atoms with Crippen molar-refractivity contribution in [1.29, 1.82) is 0 Å². The lowest BCUT2D eigenvalue weighted by molar-refractivity contribution is 0.110. The molecule has 5 rings (SSSR count). The molecule has 3 aromatic rings. The van der Waals surface area contributed by atoms with Gasteiger partial charge in [-0.3, -0.25) is 4.90 Å². The van der Waals surface area contributed by atoms with E-state index in [1.54, 1.807) is 0 Å². The van der Waals surface area contributed by atoms with Crippen molar-refractivity contribution in [3.63, 3.8) is 0 Å². The molecule has 3 aromatic carbocycles. The Morgan fingerprint density at radius 3 is 2.13 bits per heavy atom. The summed E-state index contributed by atoms with van der Waals surface area (Å²) >= 11 is 0. The Kier molecular flexibility index (Phi) is 6.01. The minimum absolute atomic E-state index is 0.351. The van der Waals surface area contributed by atoms with Gasteiger partial charge >= 0.3 is 0 Å². The number of benzene rings is 3. The van der Waals surface area contributed by atoms with Crippen molar-refractivity contribution in [2.75, 3.05) is 6.54 Å². The van der Waals surface area contributed by atoms with Gasteiger partial charge in [0, 0.05) is 25.2 Å². The molecule has 1 aliphatic heterocycles. The highest BCUT2D eigenvalue weighted by atomic mass is 15.2. The Balaban J connectivity index is 1.24. The summed E-state index contributed by atoms with van der Waals surface area (Å²) in [4.78, 5) is 2.70. The summed E-state index contributed by atoms with van der Waals surface area (Å²) in [5.41, 5.74) is 11.8. The maximum Gasteiger partial charge on any atom is 0.0236 e. The molecule has 2 aliphatic rings. The Hall–Kier alpha value is -2.68. The first-order chi connectivity index (χ1) is 15.3. The van der Waals surface area contributed by atoms with Crippen LogP contribution < -0.4 is 5.73 Å². The molecule has 0 bridgehead atoms. The van der Waals surface area contributed by atoms with Gasteiger partial charge in [0.1, 0.15) is 0 Å². The minimum atomic E-state index is 0.351. The molecule has 31 heavy (non-hydrogen) atoms. The summed E-state index contributed by atoms with van der Waals surface area (Å²) in [6, 6.07) is 31.5. The van der Waals surface area contributed by atoms with E-state index in [1.807, 2.05) is 0 Å². The molecule has 2 N–H and O–H groups in total. The summed E-state index contributed by atoms with van der Waals surface area (Å²) in [6.45, 7) is 2.14. The molecule has 2 heteroatoms. The van der Waals surface area contributed by atoms with Crippen molar-refractivity contribution >= 4 is 12.2 Å². The van der Waals surface area contributed by atoms with Crippen molar-refractivity contribution in [1.82, 2.24) is 4.90 Å². The zero-order chi connectivity index (χ0) is 21.0. The minimum Gasteiger partial charge on any atom is -0.328 e. The number of piperidine rings is 1. The highest BCUT2D eigenvalue weighted by molar-refractivity contribution is 5.69. The first-order valence-electron chi connectivity index (χ1n) is 11.6. The fourth-order valence-electron chi connectivity index (χ4n) is 5.17. The Morgan fingerprint density at radius 1 is 0.774 bits per heavy atom. The Morgan fingerprint density at radius 2 is 1.42 bits per heavy atom. The molecular formula is C29H32N2. The third-order valence-electron chi connectivity index (χ3n) is 7.00. The second-order valence-electron chi connectivity index (χ2n) is 9.22. The van der Waals surface area contributed by atoms with Crippen LogP contribution in [0, 0.1) is 5.92 Å². The molecule has 1 saturated heterocycles. The zero-order valence-corrected chi connectivity index (χ0v) is 18.1. The smallest absolute Gasteiger partial charge is 0.0236 e. The summed E-state index contributed by atoms with van der Waals surface area (Å²) in [5.74, 6) is 1.46. The normalized spacial score (nSPS) is 26.2. The maximum atomic E-state index is 6.40. The molecule has 0 radical (unpaired) electrons. The monoisotopic (exact) mass is 408 g/mol. The molecule has 1 heterocycles. The molecule has 158 valence electrons. The van der Waals surface area contributed by atoms with Crippen molar-refractivity contribution in [3.8, 4) is 0 Å². The van der Waals surface area contributed by atoms with E-state index in [-0.39, 0.29) is 0 Å². The maximum absolute atomic E-state index is 6.40. The molecular weight excluding hydrogens is 376 g/mol. The molecule has 2 nitrogen and oxygen atoms in total. The SMILES string of the molecule is NC1CCN(Cc2ccc(/C=C/c3ccccc3)cc2)C(C2CC2c2ccccc2)C1. The second kappa shape index (κ2) is 9.21. The first kappa shape index (κ1) is 20.2. The van der Waals surface area contributed by atoms with Gasteiger partial charge in [-0.2, -0.15) is 0 Å². The molecule has 4 atom stereocenters. The van der Waals surface area contributed by atoms with Crippen LogP contribution in [0.15, 0.2) is 84.9 Å². The number of likely N-dealkylation sites (tertiary alicyclic amines) is 1. The van der Waals surface area contributed by atoms with Crippen LogP contribution in [-0.4, -0.2) is 23.5 Å². The zero-order valence-electron chi connectivity index (χ0n) is 18.1. The van der Waals surface area contributed by atoms with Gasteiger partial charge in [0.2, 0.25) is 0 Å². The van der Waals surface area contributed by atoms with Crippen LogP contribution >= 0.6 is 0 Å². The predicted octanol–water partition coefficient (Wildman–Crippen LogP) is 5.95. The van der Waals surface area contributed by atoms with E-state index in [4.69, 9.17) is 5.73 Å². The molecule has 0 amide bonds. The fourth-order valence-corrected chi connectivity index (χ4v) is 5.17. The van der Waals surface area contributed by atoms with Crippen LogP contribution in [0.5, 0.6) is 0 Å². The van der Waals surface area contributed by atoms with Crippen LogP contribution in [0.2, 0.25) is 0 Å². The van der Waals surface area contributed by atoms with Gasteiger partial charge in [-0.15, -0.1) is 0 Å². The quantitative estimate of drug-likeness (QED) is 0.511. The summed E-state index contributed by atoms with van der Waals surface area (Å²) in [6.07, 6.45) is 7.91. The third kappa shape index (κ3) is 4.98. The lowest BCUT2D eigenvalue weighted by Gasteiger charge is -2.39. The average molecular weight is 409 g/mol. The Labute approximate surface area is 186 Å². The van der Waals surface area contributed by atoms with E-state index in [0.717, 1.165) is 31.8 Å². The average Bonchev–Trinajstić information content (AvgIpc) is 3.62. The number of rotatable bonds is 6. The van der Waals surface area contributed by atoms with Crippen molar-refractivity contribution < 1.29 is 0 Å². The molecule has 0 spiro atoms. The lowest BCUT2D eigenvalue weighted by Crippen LogP contribution is -2.47. The Bertz CT molecular complexity index is 994. The van der Waals surface area contributed by atoms with Crippen LogP contribution in [0.1, 0.15) is 47.4 Å². The van der Waals surface area contributed by atoms with Crippen molar-refractivity contribution in [2.45, 2.75) is 43.8 Å². The molecule has 4 unspecified atom stereocenters. The van der Waals surface area contributed by atoms with E-state index >= 15 is 0 Å². The van der Waals surface area contributed by atoms with Gasteiger partial charge in [-0.1, -0.05) is 97.1 Å². The number of nitrogens with two attached hydrogens (primary N) is 1. The molecule has 0 aromatic heterocycles. The van der Waals surface area contributed by atoms with Gasteiger partial charge in [0.25, 0.3) is 0 Å². The second-order valence-corrected chi connectivity index (χ2v) is 9.22. The third-order valence-corrected chi connectivity index (χ3v) is 7.00. The largest absolute Gasteiger partial charge is 0.328 e. The lowest BCUT2D eigenvalue weighted by atomic mass is 9.92. The van der Waals surface area contributed by atoms with E-state index in [1.165, 1.54) is 28.7 Å². The first-order valence-corrected chi connectivity index (χ1v) is 11.6. The van der Waals surface area contributed by atoms with E-state index in [9.17, 15) is 0 Å². The van der Waals surface area contributed by atoms with Gasteiger partial charge in [-0.05, 0) is 53.4 Å². The standard InChI is InChI=1S/C29H32N2/c30-26-17-18-31(29(19-26)28-20-27(28)25-9-5-2-6-10-25)21-24-15-13-23(14-16-24)12-11-22-7-3-1-4-8-22/h1-16,26-29H,17-21,30H2/b12-11+. The fraction of sp³-hybridized carbons (Fsp3) is 0.310.